The first-order valence-electron chi connectivity index (χ1n) is 7.38. The molecule has 2 heterocycles. The van der Waals surface area contributed by atoms with Gasteiger partial charge in [-0.25, -0.2) is 0 Å². The monoisotopic (exact) mass is 354 g/mol. The van der Waals surface area contributed by atoms with Crippen molar-refractivity contribution in [2.75, 3.05) is 0 Å². The topological polar surface area (TPSA) is 109 Å². The van der Waals surface area contributed by atoms with Crippen molar-refractivity contribution >= 4 is 28.7 Å². The number of ketones is 2. The number of Topliss-reactive ketones (excluding diaryl/α,β-unsaturated/α-hetero) is 1. The van der Waals surface area contributed by atoms with E-state index in [-0.39, 0.29) is 17.4 Å². The Morgan fingerprint density at radius 1 is 1.24 bits per heavy atom. The fourth-order valence-corrected chi connectivity index (χ4v) is 3.15. The standard InChI is InChI=1S/C17H14N4O3S/c1-10(22)12-4-2-11(3-5-12)6-13-8-25-9-14(13)15(23)7-16(24)17-18-20-21-19-17/h2-5,7-9,23H,6H2,1H3,(H,18,19,20,21). The smallest absolute Gasteiger partial charge is 0.244 e. The summed E-state index contributed by atoms with van der Waals surface area (Å²) in [5.41, 5.74) is 3.12. The van der Waals surface area contributed by atoms with Crippen LogP contribution < -0.4 is 0 Å². The van der Waals surface area contributed by atoms with Gasteiger partial charge in [0.15, 0.2) is 5.78 Å². The fraction of sp³-hybridized carbons (Fsp3) is 0.118. The molecular weight excluding hydrogens is 340 g/mol. The van der Waals surface area contributed by atoms with Gasteiger partial charge in [-0.3, -0.25) is 9.59 Å². The van der Waals surface area contributed by atoms with Crippen LogP contribution in [0.5, 0.6) is 0 Å². The normalized spacial score (nSPS) is 11.5. The quantitative estimate of drug-likeness (QED) is 0.400. The van der Waals surface area contributed by atoms with Gasteiger partial charge in [-0.2, -0.15) is 16.6 Å². The molecule has 0 aliphatic rings. The van der Waals surface area contributed by atoms with E-state index in [0.717, 1.165) is 17.2 Å². The number of carbonyl (C=O) groups is 2. The highest BCUT2D eigenvalue weighted by Crippen LogP contribution is 2.25. The molecule has 0 spiro atoms. The number of nitrogens with one attached hydrogen (secondary N) is 1. The molecule has 0 saturated carbocycles. The third-order valence-electron chi connectivity index (χ3n) is 3.61. The molecule has 25 heavy (non-hydrogen) atoms. The Kier molecular flexibility index (Phi) is 4.80. The van der Waals surface area contributed by atoms with Crippen LogP contribution in [0, 0.1) is 0 Å². The fourth-order valence-electron chi connectivity index (χ4n) is 2.30. The molecule has 8 heteroatoms. The van der Waals surface area contributed by atoms with Crippen LogP contribution in [0.4, 0.5) is 0 Å². The predicted molar refractivity (Wildman–Crippen MR) is 92.7 cm³/mol. The number of benzene rings is 1. The lowest BCUT2D eigenvalue weighted by Crippen LogP contribution is -2.00. The number of allylic oxidation sites excluding steroid dienone is 1. The molecule has 0 fully saturated rings. The molecule has 0 saturated heterocycles. The van der Waals surface area contributed by atoms with E-state index < -0.39 is 5.78 Å². The van der Waals surface area contributed by atoms with Crippen LogP contribution in [-0.2, 0) is 6.42 Å². The summed E-state index contributed by atoms with van der Waals surface area (Å²) in [6.45, 7) is 1.52. The number of aliphatic hydroxyl groups is 1. The third kappa shape index (κ3) is 3.86. The van der Waals surface area contributed by atoms with Crippen LogP contribution in [0.2, 0.25) is 0 Å². The highest BCUT2D eigenvalue weighted by molar-refractivity contribution is 7.08. The molecule has 0 radical (unpaired) electrons. The van der Waals surface area contributed by atoms with Crippen molar-refractivity contribution in [3.05, 3.63) is 69.2 Å². The van der Waals surface area contributed by atoms with Gasteiger partial charge < -0.3 is 5.11 Å². The maximum atomic E-state index is 11.9. The average Bonchev–Trinajstić information content (AvgIpc) is 3.27. The summed E-state index contributed by atoms with van der Waals surface area (Å²) < 4.78 is 0. The van der Waals surface area contributed by atoms with E-state index in [1.54, 1.807) is 17.5 Å². The number of aliphatic hydroxyl groups excluding tert-OH is 1. The summed E-state index contributed by atoms with van der Waals surface area (Å²) >= 11 is 1.43. The van der Waals surface area contributed by atoms with E-state index in [4.69, 9.17) is 0 Å². The Balaban J connectivity index is 1.80. The summed E-state index contributed by atoms with van der Waals surface area (Å²) in [7, 11) is 0. The summed E-state index contributed by atoms with van der Waals surface area (Å²) in [5.74, 6) is -0.771. The lowest BCUT2D eigenvalue weighted by molar-refractivity contribution is 0.101. The zero-order valence-electron chi connectivity index (χ0n) is 13.3. The first-order chi connectivity index (χ1) is 12.0. The number of hydrogen-bond acceptors (Lipinski definition) is 7. The molecule has 1 aromatic carbocycles. The van der Waals surface area contributed by atoms with E-state index >= 15 is 0 Å². The molecule has 0 aliphatic heterocycles. The number of aromatic nitrogens is 4. The van der Waals surface area contributed by atoms with Crippen LogP contribution in [0.15, 0.2) is 41.1 Å². The minimum Gasteiger partial charge on any atom is -0.507 e. The van der Waals surface area contributed by atoms with Crippen LogP contribution in [-0.4, -0.2) is 37.3 Å². The van der Waals surface area contributed by atoms with Crippen LogP contribution in [0.25, 0.3) is 5.76 Å². The van der Waals surface area contributed by atoms with Crippen molar-refractivity contribution in [2.45, 2.75) is 13.3 Å². The van der Waals surface area contributed by atoms with Gasteiger partial charge in [-0.1, -0.05) is 24.3 Å². The van der Waals surface area contributed by atoms with Crippen molar-refractivity contribution < 1.29 is 14.7 Å². The van der Waals surface area contributed by atoms with Crippen molar-refractivity contribution in [1.82, 2.24) is 20.6 Å². The second kappa shape index (κ2) is 7.18. The van der Waals surface area contributed by atoms with Gasteiger partial charge in [-0.15, -0.1) is 10.2 Å². The van der Waals surface area contributed by atoms with Gasteiger partial charge in [0.2, 0.25) is 11.6 Å². The third-order valence-corrected chi connectivity index (χ3v) is 4.40. The Morgan fingerprint density at radius 2 is 2.00 bits per heavy atom. The minimum atomic E-state index is -0.533. The summed E-state index contributed by atoms with van der Waals surface area (Å²) in [6, 6.07) is 7.31. The summed E-state index contributed by atoms with van der Waals surface area (Å²) in [5, 5.41) is 26.6. The second-order valence-corrected chi connectivity index (χ2v) is 6.11. The lowest BCUT2D eigenvalue weighted by Gasteiger charge is -2.05. The van der Waals surface area contributed by atoms with E-state index in [1.807, 2.05) is 17.5 Å². The van der Waals surface area contributed by atoms with Gasteiger partial charge >= 0.3 is 0 Å². The second-order valence-electron chi connectivity index (χ2n) is 5.37. The van der Waals surface area contributed by atoms with Crippen molar-refractivity contribution in [3.8, 4) is 0 Å². The number of thiophene rings is 1. The number of nitrogens with zero attached hydrogens (tertiary/aromatic N) is 3. The SMILES string of the molecule is CC(=O)c1ccc(Cc2cscc2C(O)=CC(=O)c2nn[nH]n2)cc1. The number of carbonyl (C=O) groups excluding carboxylic acids is 2. The molecule has 0 aliphatic carbocycles. The first-order valence-corrected chi connectivity index (χ1v) is 8.32. The van der Waals surface area contributed by atoms with Crippen LogP contribution >= 0.6 is 11.3 Å². The summed E-state index contributed by atoms with van der Waals surface area (Å²) in [4.78, 5) is 23.3. The Hall–Kier alpha value is -3.13. The predicted octanol–water partition coefficient (Wildman–Crippen LogP) is 2.84. The highest BCUT2D eigenvalue weighted by atomic mass is 32.1. The molecule has 0 unspecified atom stereocenters. The Labute approximate surface area is 147 Å². The van der Waals surface area contributed by atoms with E-state index in [9.17, 15) is 14.7 Å². The van der Waals surface area contributed by atoms with Crippen molar-refractivity contribution in [1.29, 1.82) is 0 Å². The number of H-pyrrole nitrogens is 1. The van der Waals surface area contributed by atoms with E-state index in [1.165, 1.54) is 18.3 Å². The Bertz CT molecular complexity index is 927. The van der Waals surface area contributed by atoms with Gasteiger partial charge in [0.1, 0.15) is 5.76 Å². The molecule has 0 atom stereocenters. The molecule has 0 bridgehead atoms. The highest BCUT2D eigenvalue weighted by Gasteiger charge is 2.14. The molecule has 2 N–H and O–H groups in total. The molecule has 0 amide bonds. The van der Waals surface area contributed by atoms with Gasteiger partial charge in [0.25, 0.3) is 0 Å². The maximum Gasteiger partial charge on any atom is 0.244 e. The average molecular weight is 354 g/mol. The van der Waals surface area contributed by atoms with Gasteiger partial charge in [0.05, 0.1) is 0 Å². The van der Waals surface area contributed by atoms with Gasteiger partial charge in [0, 0.05) is 22.6 Å². The molecule has 3 rings (SSSR count). The van der Waals surface area contributed by atoms with Crippen LogP contribution in [0.1, 0.15) is 44.6 Å². The van der Waals surface area contributed by atoms with Crippen LogP contribution in [0.3, 0.4) is 0 Å². The zero-order valence-corrected chi connectivity index (χ0v) is 14.1. The number of aromatic amines is 1. The van der Waals surface area contributed by atoms with Crippen molar-refractivity contribution in [2.24, 2.45) is 0 Å². The largest absolute Gasteiger partial charge is 0.507 e. The zero-order chi connectivity index (χ0) is 17.8. The minimum absolute atomic E-state index is 0.0170. The molecular formula is C17H14N4O3S. The number of tetrazole rings is 1. The molecule has 126 valence electrons. The summed E-state index contributed by atoms with van der Waals surface area (Å²) in [6.07, 6.45) is 1.65. The lowest BCUT2D eigenvalue weighted by atomic mass is 10.0. The molecule has 7 nitrogen and oxygen atoms in total. The first kappa shape index (κ1) is 16.7. The molecule has 3 aromatic rings. The Morgan fingerprint density at radius 3 is 2.64 bits per heavy atom. The maximum absolute atomic E-state index is 11.9. The van der Waals surface area contributed by atoms with E-state index in [0.29, 0.717) is 17.5 Å². The van der Waals surface area contributed by atoms with Gasteiger partial charge in [-0.05, 0) is 35.1 Å². The van der Waals surface area contributed by atoms with E-state index in [2.05, 4.69) is 20.6 Å². The van der Waals surface area contributed by atoms with Crippen molar-refractivity contribution in [3.63, 3.8) is 0 Å². The number of hydrogen-bond donors (Lipinski definition) is 2. The molecule has 2 aromatic heterocycles. The number of rotatable bonds is 6.